The number of hydrogen-bond donors (Lipinski definition) is 2. The van der Waals surface area contributed by atoms with E-state index in [0.29, 0.717) is 35.3 Å². The Hall–Kier alpha value is -3.85. The number of nitrogens with zero attached hydrogens (tertiary/aromatic N) is 5. The Labute approximate surface area is 166 Å². The number of carbonyl (C=O) groups is 1. The molecule has 4 rings (SSSR count). The molecular weight excluding hydrogens is 370 g/mol. The molecule has 9 heteroatoms. The van der Waals surface area contributed by atoms with Gasteiger partial charge in [-0.2, -0.15) is 9.78 Å². The van der Waals surface area contributed by atoms with E-state index in [0.717, 1.165) is 5.56 Å². The first kappa shape index (κ1) is 18.5. The highest BCUT2D eigenvalue weighted by Crippen LogP contribution is 2.27. The number of amides is 1. The first-order valence-corrected chi connectivity index (χ1v) is 8.97. The van der Waals surface area contributed by atoms with E-state index in [1.165, 1.54) is 4.68 Å². The molecule has 0 unspecified atom stereocenters. The molecule has 0 bridgehead atoms. The number of methoxy groups -OCH3 is 1. The highest BCUT2D eigenvalue weighted by molar-refractivity contribution is 6.10. The largest absolute Gasteiger partial charge is 0.383 e. The Morgan fingerprint density at radius 3 is 2.76 bits per heavy atom. The second-order valence-electron chi connectivity index (χ2n) is 6.24. The van der Waals surface area contributed by atoms with Crippen molar-refractivity contribution in [2.45, 2.75) is 0 Å². The van der Waals surface area contributed by atoms with Gasteiger partial charge >= 0.3 is 0 Å². The third-order valence-electron chi connectivity index (χ3n) is 4.30. The summed E-state index contributed by atoms with van der Waals surface area (Å²) in [5, 5.41) is 7.21. The molecule has 146 valence electrons. The van der Waals surface area contributed by atoms with Gasteiger partial charge in [-0.15, -0.1) is 0 Å². The lowest BCUT2D eigenvalue weighted by Crippen LogP contribution is -2.27. The molecule has 1 amide bonds. The summed E-state index contributed by atoms with van der Waals surface area (Å²) < 4.78 is 6.41. The topological polar surface area (TPSA) is 120 Å². The molecule has 0 saturated carbocycles. The first-order valence-electron chi connectivity index (χ1n) is 8.97. The predicted molar refractivity (Wildman–Crippen MR) is 111 cm³/mol. The van der Waals surface area contributed by atoms with Crippen LogP contribution in [0.5, 0.6) is 0 Å². The minimum atomic E-state index is -0.357. The average molecular weight is 389 g/mol. The summed E-state index contributed by atoms with van der Waals surface area (Å²) in [5.74, 6) is -0.199. The lowest BCUT2D eigenvalue weighted by atomic mass is 10.2. The number of aromatic nitrogens is 4. The highest BCUT2D eigenvalue weighted by Gasteiger charge is 2.23. The van der Waals surface area contributed by atoms with Crippen LogP contribution in [0.4, 0.5) is 5.82 Å². The van der Waals surface area contributed by atoms with E-state index in [1.807, 2.05) is 30.3 Å². The number of nitrogen functional groups attached to an aromatic ring is 1. The van der Waals surface area contributed by atoms with Crippen LogP contribution in [0.25, 0.3) is 22.2 Å². The second kappa shape index (κ2) is 8.03. The molecule has 3 aromatic heterocycles. The van der Waals surface area contributed by atoms with Gasteiger partial charge in [-0.25, -0.2) is 9.97 Å². The van der Waals surface area contributed by atoms with Crippen molar-refractivity contribution in [2.24, 2.45) is 5.10 Å². The van der Waals surface area contributed by atoms with Crippen molar-refractivity contribution in [2.75, 3.05) is 26.0 Å². The van der Waals surface area contributed by atoms with E-state index >= 15 is 0 Å². The van der Waals surface area contributed by atoms with Crippen LogP contribution < -0.4 is 11.1 Å². The van der Waals surface area contributed by atoms with Crippen LogP contribution in [0.1, 0.15) is 15.9 Å². The van der Waals surface area contributed by atoms with E-state index in [2.05, 4.69) is 25.4 Å². The van der Waals surface area contributed by atoms with Crippen LogP contribution in [0.2, 0.25) is 0 Å². The van der Waals surface area contributed by atoms with Gasteiger partial charge in [0.1, 0.15) is 16.9 Å². The summed E-state index contributed by atoms with van der Waals surface area (Å²) in [6, 6.07) is 11.1. The standard InChI is InChI=1S/C20H19N7O2/c1-29-10-9-23-20(28)16-17-19(26-15-7-3-2-6-14(15)25-17)27(18(16)21)24-12-13-5-4-8-22-11-13/h2-8,11-12H,9-10,21H2,1H3,(H,23,28). The number of para-hydroxylation sites is 2. The van der Waals surface area contributed by atoms with Gasteiger partial charge in [0.15, 0.2) is 5.65 Å². The minimum Gasteiger partial charge on any atom is -0.383 e. The molecule has 0 saturated heterocycles. The van der Waals surface area contributed by atoms with Crippen molar-refractivity contribution < 1.29 is 9.53 Å². The van der Waals surface area contributed by atoms with Crippen LogP contribution in [-0.4, -0.2) is 52.0 Å². The third kappa shape index (κ3) is 3.63. The minimum absolute atomic E-state index is 0.158. The number of rotatable bonds is 6. The molecule has 0 atom stereocenters. The van der Waals surface area contributed by atoms with Crippen molar-refractivity contribution in [1.82, 2.24) is 24.9 Å². The maximum absolute atomic E-state index is 12.8. The summed E-state index contributed by atoms with van der Waals surface area (Å²) >= 11 is 0. The maximum Gasteiger partial charge on any atom is 0.257 e. The molecular formula is C20H19N7O2. The van der Waals surface area contributed by atoms with E-state index < -0.39 is 0 Å². The lowest BCUT2D eigenvalue weighted by Gasteiger charge is -2.04. The molecule has 1 aromatic carbocycles. The number of nitrogens with one attached hydrogen (secondary N) is 1. The molecule has 29 heavy (non-hydrogen) atoms. The summed E-state index contributed by atoms with van der Waals surface area (Å²) in [6.45, 7) is 0.736. The van der Waals surface area contributed by atoms with Gasteiger partial charge in [0, 0.05) is 31.6 Å². The molecule has 3 heterocycles. The molecule has 0 radical (unpaired) electrons. The first-order chi connectivity index (χ1) is 14.2. The molecule has 0 aliphatic rings. The summed E-state index contributed by atoms with van der Waals surface area (Å²) in [4.78, 5) is 26.1. The van der Waals surface area contributed by atoms with Gasteiger partial charge in [0.2, 0.25) is 0 Å². The Morgan fingerprint density at radius 2 is 2.03 bits per heavy atom. The summed E-state index contributed by atoms with van der Waals surface area (Å²) in [7, 11) is 1.57. The Morgan fingerprint density at radius 1 is 1.24 bits per heavy atom. The molecule has 0 fully saturated rings. The van der Waals surface area contributed by atoms with Crippen molar-refractivity contribution in [3.8, 4) is 0 Å². The van der Waals surface area contributed by atoms with Gasteiger partial charge in [-0.05, 0) is 18.2 Å². The summed E-state index contributed by atoms with van der Waals surface area (Å²) in [6.07, 6.45) is 4.95. The van der Waals surface area contributed by atoms with Crippen LogP contribution >= 0.6 is 0 Å². The van der Waals surface area contributed by atoms with Crippen LogP contribution in [0.3, 0.4) is 0 Å². The van der Waals surface area contributed by atoms with Crippen LogP contribution in [-0.2, 0) is 4.74 Å². The van der Waals surface area contributed by atoms with Gasteiger partial charge in [0.25, 0.3) is 5.91 Å². The number of pyridine rings is 1. The molecule has 9 nitrogen and oxygen atoms in total. The van der Waals surface area contributed by atoms with Gasteiger partial charge in [-0.1, -0.05) is 18.2 Å². The van der Waals surface area contributed by atoms with Crippen LogP contribution in [0, 0.1) is 0 Å². The predicted octanol–water partition coefficient (Wildman–Crippen LogP) is 1.82. The Bertz CT molecular complexity index is 1200. The number of anilines is 1. The quantitative estimate of drug-likeness (QED) is 0.383. The van der Waals surface area contributed by atoms with E-state index in [-0.39, 0.29) is 17.3 Å². The van der Waals surface area contributed by atoms with E-state index in [1.54, 1.807) is 31.8 Å². The zero-order chi connectivity index (χ0) is 20.2. The number of nitrogens with two attached hydrogens (primary N) is 1. The maximum atomic E-state index is 12.8. The smallest absolute Gasteiger partial charge is 0.257 e. The fraction of sp³-hybridized carbons (Fsp3) is 0.150. The lowest BCUT2D eigenvalue weighted by molar-refractivity contribution is 0.0939. The fourth-order valence-corrected chi connectivity index (χ4v) is 2.92. The Kier molecular flexibility index (Phi) is 5.12. The van der Waals surface area contributed by atoms with Gasteiger partial charge < -0.3 is 15.8 Å². The average Bonchev–Trinajstić information content (AvgIpc) is 3.01. The van der Waals surface area contributed by atoms with Crippen molar-refractivity contribution >= 4 is 40.1 Å². The van der Waals surface area contributed by atoms with Crippen molar-refractivity contribution in [3.05, 3.63) is 59.9 Å². The molecule has 0 spiro atoms. The highest BCUT2D eigenvalue weighted by atomic mass is 16.5. The van der Waals surface area contributed by atoms with Gasteiger partial charge in [0.05, 0.1) is 23.9 Å². The second-order valence-corrected chi connectivity index (χ2v) is 6.24. The zero-order valence-electron chi connectivity index (χ0n) is 15.7. The fourth-order valence-electron chi connectivity index (χ4n) is 2.92. The van der Waals surface area contributed by atoms with Gasteiger partial charge in [-0.3, -0.25) is 9.78 Å². The number of benzene rings is 1. The van der Waals surface area contributed by atoms with E-state index in [9.17, 15) is 4.79 Å². The molecule has 3 N–H and O–H groups in total. The van der Waals surface area contributed by atoms with Crippen LogP contribution in [0.15, 0.2) is 53.9 Å². The van der Waals surface area contributed by atoms with E-state index in [4.69, 9.17) is 10.5 Å². The third-order valence-corrected chi connectivity index (χ3v) is 4.30. The SMILES string of the molecule is COCCNC(=O)c1c(N)n(N=Cc2cccnc2)c2nc3ccccc3nc12. The number of carbonyl (C=O) groups excluding carboxylic acids is 1. The number of ether oxygens (including phenoxy) is 1. The molecule has 0 aliphatic heterocycles. The molecule has 4 aromatic rings. The number of fused-ring (bicyclic) bond motifs is 2. The zero-order valence-corrected chi connectivity index (χ0v) is 15.7. The van der Waals surface area contributed by atoms with Crippen molar-refractivity contribution in [3.63, 3.8) is 0 Å². The number of hydrogen-bond acceptors (Lipinski definition) is 7. The Balaban J connectivity index is 1.87. The van der Waals surface area contributed by atoms with Crippen molar-refractivity contribution in [1.29, 1.82) is 0 Å². The molecule has 0 aliphatic carbocycles. The monoisotopic (exact) mass is 389 g/mol. The normalized spacial score (nSPS) is 11.5. The summed E-state index contributed by atoms with van der Waals surface area (Å²) in [5.41, 5.74) is 9.47.